The summed E-state index contributed by atoms with van der Waals surface area (Å²) in [5, 5.41) is 22.0. The summed E-state index contributed by atoms with van der Waals surface area (Å²) in [5.74, 6) is -1.65. The number of likely N-dealkylation sites (tertiary alicyclic amines) is 1. The molecule has 0 bridgehead atoms. The van der Waals surface area contributed by atoms with E-state index in [1.54, 1.807) is 41.8 Å². The van der Waals surface area contributed by atoms with Gasteiger partial charge in [-0.2, -0.15) is 0 Å². The van der Waals surface area contributed by atoms with E-state index in [0.29, 0.717) is 40.0 Å². The van der Waals surface area contributed by atoms with Crippen LogP contribution in [0.2, 0.25) is 0 Å². The Labute approximate surface area is 224 Å². The number of benzene rings is 1. The number of methoxy groups -OCH3 is 1. The van der Waals surface area contributed by atoms with E-state index in [9.17, 15) is 19.8 Å². The molecule has 1 atom stereocenters. The van der Waals surface area contributed by atoms with Crippen molar-refractivity contribution in [2.24, 2.45) is 0 Å². The molecule has 3 heterocycles. The minimum Gasteiger partial charge on any atom is -0.505 e. The van der Waals surface area contributed by atoms with Gasteiger partial charge in [0.05, 0.1) is 28.9 Å². The highest BCUT2D eigenvalue weighted by Gasteiger charge is 2.46. The monoisotopic (exact) mass is 570 g/mol. The molecule has 1 saturated heterocycles. The summed E-state index contributed by atoms with van der Waals surface area (Å²) in [5.41, 5.74) is 1.99. The number of aromatic hydroxyl groups is 1. The topological polar surface area (TPSA) is 108 Å². The molecule has 10 heteroatoms. The number of aliphatic hydroxyl groups is 1. The van der Waals surface area contributed by atoms with Crippen molar-refractivity contribution in [3.8, 4) is 11.5 Å². The van der Waals surface area contributed by atoms with Crippen molar-refractivity contribution in [2.75, 3.05) is 33.3 Å². The second-order valence-corrected chi connectivity index (χ2v) is 9.76. The van der Waals surface area contributed by atoms with Gasteiger partial charge in [-0.1, -0.05) is 19.9 Å². The lowest BCUT2D eigenvalue weighted by molar-refractivity contribution is -0.140. The normalized spacial score (nSPS) is 17.4. The van der Waals surface area contributed by atoms with E-state index in [0.717, 1.165) is 19.6 Å². The quantitative estimate of drug-likeness (QED) is 0.224. The second kappa shape index (κ2) is 10.9. The van der Waals surface area contributed by atoms with Crippen LogP contribution in [0.1, 0.15) is 43.3 Å². The Hall–Kier alpha value is -3.37. The fourth-order valence-corrected chi connectivity index (χ4v) is 5.36. The number of phenols is 1. The van der Waals surface area contributed by atoms with E-state index in [1.807, 2.05) is 6.07 Å². The number of carbonyl (C=O) groups is 2. The fraction of sp³-hybridized carbons (Fsp3) is 0.370. The molecular formula is C27H31BrN4O5. The number of aromatic nitrogens is 2. The van der Waals surface area contributed by atoms with E-state index in [4.69, 9.17) is 4.74 Å². The summed E-state index contributed by atoms with van der Waals surface area (Å²) in [6, 6.07) is 7.78. The molecule has 3 aromatic rings. The zero-order valence-electron chi connectivity index (χ0n) is 21.4. The molecule has 0 aliphatic carbocycles. The number of aliphatic hydroxyl groups excluding tert-OH is 1. The van der Waals surface area contributed by atoms with Gasteiger partial charge in [0, 0.05) is 12.7 Å². The second-order valence-electron chi connectivity index (χ2n) is 8.90. The van der Waals surface area contributed by atoms with Crippen LogP contribution in [0.15, 0.2) is 46.6 Å². The Balaban J connectivity index is 1.88. The molecule has 0 radical (unpaired) electrons. The highest BCUT2D eigenvalue weighted by molar-refractivity contribution is 9.10. The molecule has 1 unspecified atom stereocenters. The minimum atomic E-state index is -0.879. The van der Waals surface area contributed by atoms with Gasteiger partial charge in [-0.3, -0.25) is 14.0 Å². The molecular weight excluding hydrogens is 540 g/mol. The standard InChI is InChI=1S/C27H31BrN4O5/c1-5-30(6-2)11-9-13-32-23(17-14-18(28)24(33)19(15-17)37-4)21(26(35)27(32)36)25(34)22-16(3)29-20-10-7-8-12-31(20)22/h7-8,10,12,14-15,23,33-34H,5-6,9,11,13H2,1-4H3. The Morgan fingerprint density at radius 3 is 2.62 bits per heavy atom. The molecule has 196 valence electrons. The van der Waals surface area contributed by atoms with Crippen LogP contribution >= 0.6 is 15.9 Å². The lowest BCUT2D eigenvalue weighted by Crippen LogP contribution is -2.33. The van der Waals surface area contributed by atoms with E-state index in [-0.39, 0.29) is 22.8 Å². The van der Waals surface area contributed by atoms with Crippen molar-refractivity contribution < 1.29 is 24.5 Å². The summed E-state index contributed by atoms with van der Waals surface area (Å²) in [6.45, 7) is 8.75. The number of amides is 1. The zero-order valence-corrected chi connectivity index (χ0v) is 22.9. The van der Waals surface area contributed by atoms with Gasteiger partial charge in [-0.05, 0) is 78.7 Å². The Bertz CT molecular complexity index is 1380. The van der Waals surface area contributed by atoms with Crippen LogP contribution in [0.5, 0.6) is 11.5 Å². The highest BCUT2D eigenvalue weighted by Crippen LogP contribution is 2.44. The van der Waals surface area contributed by atoms with Crippen molar-refractivity contribution in [2.45, 2.75) is 33.2 Å². The van der Waals surface area contributed by atoms with Crippen LogP contribution in [-0.2, 0) is 9.59 Å². The molecule has 1 aliphatic heterocycles. The van der Waals surface area contributed by atoms with Gasteiger partial charge in [-0.25, -0.2) is 4.98 Å². The van der Waals surface area contributed by atoms with Gasteiger partial charge in [0.15, 0.2) is 17.3 Å². The lowest BCUT2D eigenvalue weighted by Gasteiger charge is -2.27. The Morgan fingerprint density at radius 1 is 1.22 bits per heavy atom. The maximum atomic E-state index is 13.5. The van der Waals surface area contributed by atoms with Crippen LogP contribution in [0.3, 0.4) is 0 Å². The van der Waals surface area contributed by atoms with Crippen molar-refractivity contribution in [3.63, 3.8) is 0 Å². The molecule has 1 fully saturated rings. The van der Waals surface area contributed by atoms with Crippen molar-refractivity contribution in [3.05, 3.63) is 63.5 Å². The minimum absolute atomic E-state index is 0.0266. The number of ether oxygens (including phenoxy) is 1. The number of carbonyl (C=O) groups excluding carboxylic acids is 2. The van der Waals surface area contributed by atoms with Crippen LogP contribution in [-0.4, -0.2) is 74.4 Å². The molecule has 1 aliphatic rings. The van der Waals surface area contributed by atoms with Crippen LogP contribution in [0.4, 0.5) is 0 Å². The Kier molecular flexibility index (Phi) is 7.89. The van der Waals surface area contributed by atoms with E-state index in [1.165, 1.54) is 12.0 Å². The van der Waals surface area contributed by atoms with Crippen LogP contribution in [0.25, 0.3) is 11.4 Å². The van der Waals surface area contributed by atoms with Gasteiger partial charge in [-0.15, -0.1) is 0 Å². The first-order valence-electron chi connectivity index (χ1n) is 12.2. The number of nitrogens with zero attached hydrogens (tertiary/aromatic N) is 4. The predicted molar refractivity (Wildman–Crippen MR) is 144 cm³/mol. The zero-order chi connectivity index (χ0) is 26.9. The smallest absolute Gasteiger partial charge is 0.295 e. The van der Waals surface area contributed by atoms with E-state index in [2.05, 4.69) is 39.7 Å². The number of halogens is 1. The third-order valence-corrected chi connectivity index (χ3v) is 7.43. The number of pyridine rings is 1. The third-order valence-electron chi connectivity index (χ3n) is 6.82. The average molecular weight is 571 g/mol. The number of fused-ring (bicyclic) bond motifs is 1. The summed E-state index contributed by atoms with van der Waals surface area (Å²) in [6.07, 6.45) is 2.40. The molecule has 1 amide bonds. The number of hydrogen-bond acceptors (Lipinski definition) is 7. The van der Waals surface area contributed by atoms with Crippen molar-refractivity contribution in [1.29, 1.82) is 0 Å². The predicted octanol–water partition coefficient (Wildman–Crippen LogP) is 4.27. The summed E-state index contributed by atoms with van der Waals surface area (Å²) >= 11 is 3.35. The largest absolute Gasteiger partial charge is 0.505 e. The number of aryl methyl sites for hydroxylation is 1. The number of Topliss-reactive ketones (excluding diaryl/α,β-unsaturated/α-hetero) is 1. The first-order chi connectivity index (χ1) is 17.7. The molecule has 9 nitrogen and oxygen atoms in total. The van der Waals surface area contributed by atoms with Gasteiger partial charge in [0.2, 0.25) is 0 Å². The summed E-state index contributed by atoms with van der Waals surface area (Å²) in [7, 11) is 1.42. The molecule has 2 aromatic heterocycles. The first kappa shape index (κ1) is 26.7. The lowest BCUT2D eigenvalue weighted by atomic mass is 9.95. The van der Waals surface area contributed by atoms with Gasteiger partial charge >= 0.3 is 0 Å². The number of imidazole rings is 1. The van der Waals surface area contributed by atoms with E-state index < -0.39 is 17.7 Å². The Morgan fingerprint density at radius 2 is 1.95 bits per heavy atom. The molecule has 4 rings (SSSR count). The third kappa shape index (κ3) is 4.83. The number of ketones is 1. The molecule has 37 heavy (non-hydrogen) atoms. The molecule has 0 saturated carbocycles. The van der Waals surface area contributed by atoms with Crippen molar-refractivity contribution >= 4 is 39.0 Å². The molecule has 1 aromatic carbocycles. The highest BCUT2D eigenvalue weighted by atomic mass is 79.9. The number of hydrogen-bond donors (Lipinski definition) is 2. The average Bonchev–Trinajstić information content (AvgIpc) is 3.36. The van der Waals surface area contributed by atoms with E-state index >= 15 is 0 Å². The van der Waals surface area contributed by atoms with Gasteiger partial charge in [0.1, 0.15) is 11.3 Å². The molecule has 2 N–H and O–H groups in total. The maximum Gasteiger partial charge on any atom is 0.295 e. The summed E-state index contributed by atoms with van der Waals surface area (Å²) < 4.78 is 7.38. The number of phenolic OH excluding ortho intramolecular Hbond substituents is 1. The van der Waals surface area contributed by atoms with Gasteiger partial charge < -0.3 is 24.7 Å². The van der Waals surface area contributed by atoms with Crippen LogP contribution in [0, 0.1) is 6.92 Å². The summed E-state index contributed by atoms with van der Waals surface area (Å²) in [4.78, 5) is 35.0. The number of rotatable bonds is 9. The van der Waals surface area contributed by atoms with Crippen LogP contribution < -0.4 is 4.74 Å². The SMILES string of the molecule is CCN(CC)CCCN1C(=O)C(=O)C(=C(O)c2c(C)nc3ccccn23)C1c1cc(Br)c(O)c(OC)c1. The fourth-order valence-electron chi connectivity index (χ4n) is 4.90. The van der Waals surface area contributed by atoms with Gasteiger partial charge in [0.25, 0.3) is 11.7 Å². The maximum absolute atomic E-state index is 13.5. The first-order valence-corrected chi connectivity index (χ1v) is 13.0. The van der Waals surface area contributed by atoms with Crippen molar-refractivity contribution in [1.82, 2.24) is 19.2 Å². The molecule has 0 spiro atoms.